The van der Waals surface area contributed by atoms with E-state index in [0.717, 1.165) is 0 Å². The van der Waals surface area contributed by atoms with Gasteiger partial charge in [0.05, 0.1) is 0 Å². The SMILES string of the molecule is O=C(C#CI)c1ccccc1. The molecule has 1 aromatic rings. The number of hydrogen-bond donors (Lipinski definition) is 0. The van der Waals surface area contributed by atoms with E-state index in [0.29, 0.717) is 5.56 Å². The van der Waals surface area contributed by atoms with Crippen LogP contribution < -0.4 is 0 Å². The summed E-state index contributed by atoms with van der Waals surface area (Å²) in [6.45, 7) is 0. The van der Waals surface area contributed by atoms with Gasteiger partial charge in [-0.3, -0.25) is 4.79 Å². The van der Waals surface area contributed by atoms with Gasteiger partial charge in [-0.1, -0.05) is 30.3 Å². The number of carbonyl (C=O) groups is 1. The second-order valence-electron chi connectivity index (χ2n) is 1.91. The van der Waals surface area contributed by atoms with Crippen LogP contribution in [0.1, 0.15) is 10.4 Å². The Morgan fingerprint density at radius 2 is 1.91 bits per heavy atom. The minimum absolute atomic E-state index is 0.125. The predicted octanol–water partition coefficient (Wildman–Crippen LogP) is 2.27. The Morgan fingerprint density at radius 3 is 2.45 bits per heavy atom. The molecule has 0 aliphatic heterocycles. The molecule has 0 fully saturated rings. The van der Waals surface area contributed by atoms with Crippen LogP contribution in [0.4, 0.5) is 0 Å². The first-order chi connectivity index (χ1) is 5.34. The molecule has 0 aliphatic carbocycles. The maximum absolute atomic E-state index is 11.1. The van der Waals surface area contributed by atoms with Crippen molar-refractivity contribution in [2.45, 2.75) is 0 Å². The van der Waals surface area contributed by atoms with E-state index in [-0.39, 0.29) is 5.78 Å². The van der Waals surface area contributed by atoms with Gasteiger partial charge in [0.25, 0.3) is 0 Å². The van der Waals surface area contributed by atoms with Crippen molar-refractivity contribution >= 4 is 28.4 Å². The van der Waals surface area contributed by atoms with Crippen LogP contribution >= 0.6 is 22.6 Å². The van der Waals surface area contributed by atoms with Gasteiger partial charge in [-0.2, -0.15) is 0 Å². The Bertz CT molecular complexity index is 305. The zero-order valence-electron chi connectivity index (χ0n) is 5.67. The van der Waals surface area contributed by atoms with Crippen LogP contribution in [0.25, 0.3) is 0 Å². The summed E-state index contributed by atoms with van der Waals surface area (Å²) >= 11 is 1.85. The lowest BCUT2D eigenvalue weighted by molar-refractivity contribution is 0.105. The van der Waals surface area contributed by atoms with Gasteiger partial charge in [0, 0.05) is 28.2 Å². The van der Waals surface area contributed by atoms with Crippen molar-refractivity contribution in [1.82, 2.24) is 0 Å². The predicted molar refractivity (Wildman–Crippen MR) is 52.6 cm³/mol. The van der Waals surface area contributed by atoms with E-state index < -0.39 is 0 Å². The van der Waals surface area contributed by atoms with Crippen molar-refractivity contribution in [3.63, 3.8) is 0 Å². The van der Waals surface area contributed by atoms with Gasteiger partial charge >= 0.3 is 0 Å². The molecular formula is C9H5IO. The summed E-state index contributed by atoms with van der Waals surface area (Å²) < 4.78 is 2.54. The fraction of sp³-hybridized carbons (Fsp3) is 0. The molecule has 0 aromatic heterocycles. The second kappa shape index (κ2) is 4.14. The van der Waals surface area contributed by atoms with Gasteiger partial charge in [-0.25, -0.2) is 0 Å². The molecule has 0 spiro atoms. The Hall–Kier alpha value is -0.820. The average molecular weight is 256 g/mol. The largest absolute Gasteiger partial charge is 0.279 e. The van der Waals surface area contributed by atoms with Crippen LogP contribution in [0.3, 0.4) is 0 Å². The molecule has 0 radical (unpaired) electrons. The molecule has 1 rings (SSSR count). The monoisotopic (exact) mass is 256 g/mol. The Labute approximate surface area is 78.9 Å². The van der Waals surface area contributed by atoms with Gasteiger partial charge in [-0.15, -0.1) is 0 Å². The lowest BCUT2D eigenvalue weighted by Crippen LogP contribution is -1.92. The molecular weight excluding hydrogens is 251 g/mol. The lowest BCUT2D eigenvalue weighted by atomic mass is 10.1. The van der Waals surface area contributed by atoms with Crippen LogP contribution in [-0.4, -0.2) is 5.78 Å². The first kappa shape index (κ1) is 8.28. The number of benzene rings is 1. The molecule has 2 heteroatoms. The smallest absolute Gasteiger partial charge is 0.236 e. The van der Waals surface area contributed by atoms with Gasteiger partial charge in [0.1, 0.15) is 0 Å². The van der Waals surface area contributed by atoms with Crippen molar-refractivity contribution in [2.75, 3.05) is 0 Å². The highest BCUT2D eigenvalue weighted by molar-refractivity contribution is 14.1. The van der Waals surface area contributed by atoms with Gasteiger partial charge < -0.3 is 0 Å². The summed E-state index contributed by atoms with van der Waals surface area (Å²) in [4.78, 5) is 11.1. The molecule has 54 valence electrons. The zero-order valence-corrected chi connectivity index (χ0v) is 7.83. The highest BCUT2D eigenvalue weighted by Crippen LogP contribution is 1.98. The summed E-state index contributed by atoms with van der Waals surface area (Å²) in [5.74, 6) is 2.33. The van der Waals surface area contributed by atoms with Crippen LogP contribution in [0.2, 0.25) is 0 Å². The number of Topliss-reactive ketones (excluding diaryl/α,β-unsaturated/α-hetero) is 1. The molecule has 11 heavy (non-hydrogen) atoms. The summed E-state index contributed by atoms with van der Waals surface area (Å²) in [7, 11) is 0. The highest BCUT2D eigenvalue weighted by Gasteiger charge is 1.97. The van der Waals surface area contributed by atoms with Gasteiger partial charge in [0.2, 0.25) is 5.78 Å². The van der Waals surface area contributed by atoms with E-state index in [1.54, 1.807) is 12.1 Å². The van der Waals surface area contributed by atoms with E-state index in [4.69, 9.17) is 0 Å². The lowest BCUT2D eigenvalue weighted by Gasteiger charge is -1.89. The zero-order chi connectivity index (χ0) is 8.10. The molecule has 0 saturated carbocycles. The molecule has 0 N–H and O–H groups in total. The molecule has 1 nitrogen and oxygen atoms in total. The molecule has 1 aromatic carbocycles. The van der Waals surface area contributed by atoms with Crippen molar-refractivity contribution in [2.24, 2.45) is 0 Å². The first-order valence-corrected chi connectivity index (χ1v) is 4.13. The van der Waals surface area contributed by atoms with Crippen molar-refractivity contribution < 1.29 is 4.79 Å². The van der Waals surface area contributed by atoms with Crippen molar-refractivity contribution in [1.29, 1.82) is 0 Å². The van der Waals surface area contributed by atoms with Gasteiger partial charge in [-0.05, 0) is 9.85 Å². The van der Waals surface area contributed by atoms with Crippen molar-refractivity contribution in [3.8, 4) is 9.85 Å². The third kappa shape index (κ3) is 2.35. The third-order valence-electron chi connectivity index (χ3n) is 1.20. The molecule has 0 amide bonds. The normalized spacial score (nSPS) is 8.09. The highest BCUT2D eigenvalue weighted by atomic mass is 127. The van der Waals surface area contributed by atoms with E-state index >= 15 is 0 Å². The quantitative estimate of drug-likeness (QED) is 0.428. The number of rotatable bonds is 1. The molecule has 0 saturated heterocycles. The first-order valence-electron chi connectivity index (χ1n) is 3.05. The number of hydrogen-bond acceptors (Lipinski definition) is 1. The summed E-state index contributed by atoms with van der Waals surface area (Å²) in [6.07, 6.45) is 0. The number of ketones is 1. The molecule has 0 unspecified atom stereocenters. The minimum atomic E-state index is -0.125. The topological polar surface area (TPSA) is 17.1 Å². The fourth-order valence-electron chi connectivity index (χ4n) is 0.705. The molecule has 0 aliphatic rings. The minimum Gasteiger partial charge on any atom is -0.279 e. The van der Waals surface area contributed by atoms with Crippen LogP contribution in [0.15, 0.2) is 30.3 Å². The van der Waals surface area contributed by atoms with E-state index in [9.17, 15) is 4.79 Å². The average Bonchev–Trinajstić information content (AvgIpc) is 2.07. The third-order valence-corrected chi connectivity index (χ3v) is 1.47. The van der Waals surface area contributed by atoms with E-state index in [1.165, 1.54) is 0 Å². The maximum Gasteiger partial charge on any atom is 0.236 e. The van der Waals surface area contributed by atoms with Crippen molar-refractivity contribution in [3.05, 3.63) is 35.9 Å². The Balaban J connectivity index is 2.92. The maximum atomic E-state index is 11.1. The van der Waals surface area contributed by atoms with Crippen LogP contribution in [-0.2, 0) is 0 Å². The van der Waals surface area contributed by atoms with Gasteiger partial charge in [0.15, 0.2) is 0 Å². The fourth-order valence-corrected chi connectivity index (χ4v) is 0.950. The summed E-state index contributed by atoms with van der Waals surface area (Å²) in [5.41, 5.74) is 0.650. The van der Waals surface area contributed by atoms with Crippen LogP contribution in [0.5, 0.6) is 0 Å². The van der Waals surface area contributed by atoms with E-state index in [2.05, 4.69) is 9.85 Å². The van der Waals surface area contributed by atoms with E-state index in [1.807, 2.05) is 40.8 Å². The summed E-state index contributed by atoms with van der Waals surface area (Å²) in [6, 6.07) is 9.02. The van der Waals surface area contributed by atoms with Crippen LogP contribution in [0, 0.1) is 9.85 Å². The number of carbonyl (C=O) groups excluding carboxylic acids is 1. The Kier molecular flexibility index (Phi) is 3.12. The molecule has 0 heterocycles. The number of halogens is 1. The molecule has 0 bridgehead atoms. The summed E-state index contributed by atoms with van der Waals surface area (Å²) in [5, 5.41) is 0. The second-order valence-corrected chi connectivity index (χ2v) is 2.45. The molecule has 0 atom stereocenters. The Morgan fingerprint density at radius 1 is 1.27 bits per heavy atom. The standard InChI is InChI=1S/C9H5IO/c10-7-6-9(11)8-4-2-1-3-5-8/h1-5H.